The first kappa shape index (κ1) is 19.6. The number of thiophene rings is 1. The minimum absolute atomic E-state index is 0.167. The van der Waals surface area contributed by atoms with Gasteiger partial charge in [-0.2, -0.15) is 11.3 Å². The van der Waals surface area contributed by atoms with Crippen LogP contribution in [0.3, 0.4) is 0 Å². The van der Waals surface area contributed by atoms with Crippen LogP contribution in [0.2, 0.25) is 0 Å². The lowest BCUT2D eigenvalue weighted by Gasteiger charge is -2.37. The highest BCUT2D eigenvalue weighted by Crippen LogP contribution is 2.26. The topological polar surface area (TPSA) is 62.7 Å². The largest absolute Gasteiger partial charge is 0.448 e. The van der Waals surface area contributed by atoms with Gasteiger partial charge in [0.1, 0.15) is 5.01 Å². The van der Waals surface area contributed by atoms with Crippen molar-refractivity contribution in [2.75, 3.05) is 31.1 Å². The predicted molar refractivity (Wildman–Crippen MR) is 116 cm³/mol. The van der Waals surface area contributed by atoms with Crippen molar-refractivity contribution in [1.82, 2.24) is 9.88 Å². The molecule has 1 aliphatic heterocycles. The molecule has 4 rings (SSSR count). The number of anilines is 1. The van der Waals surface area contributed by atoms with Gasteiger partial charge in [-0.05, 0) is 30.5 Å². The number of ether oxygens (including phenoxy) is 1. The standard InChI is InChI=1S/C21H21N3O3S2/c1-15(27-21(26)18-14-29-19(22-18)16-7-12-28-13-16)20(25)24-10-8-23(9-11-24)17-5-3-2-4-6-17/h2-7,12-15H,8-11H2,1H3. The molecule has 1 atom stereocenters. The third-order valence-corrected chi connectivity index (χ3v) is 6.40. The number of thiazole rings is 1. The molecule has 1 aromatic carbocycles. The number of carbonyl (C=O) groups is 2. The number of rotatable bonds is 5. The third-order valence-electron chi connectivity index (χ3n) is 4.83. The Balaban J connectivity index is 1.31. The quantitative estimate of drug-likeness (QED) is 0.580. The predicted octanol–water partition coefficient (Wildman–Crippen LogP) is 3.77. The second-order valence-electron chi connectivity index (χ2n) is 6.75. The average Bonchev–Trinajstić information content (AvgIpc) is 3.46. The second kappa shape index (κ2) is 8.75. The number of hydrogen-bond acceptors (Lipinski definition) is 7. The Kier molecular flexibility index (Phi) is 5.92. The van der Waals surface area contributed by atoms with Gasteiger partial charge in [0.15, 0.2) is 11.8 Å². The monoisotopic (exact) mass is 427 g/mol. The Morgan fingerprint density at radius 1 is 1.07 bits per heavy atom. The highest BCUT2D eigenvalue weighted by Gasteiger charge is 2.28. The molecular formula is C21H21N3O3S2. The van der Waals surface area contributed by atoms with Crippen molar-refractivity contribution < 1.29 is 14.3 Å². The Labute approximate surface area is 177 Å². The average molecular weight is 428 g/mol. The van der Waals surface area contributed by atoms with Crippen molar-refractivity contribution in [2.45, 2.75) is 13.0 Å². The molecule has 3 heterocycles. The lowest BCUT2D eigenvalue weighted by Crippen LogP contribution is -2.51. The summed E-state index contributed by atoms with van der Waals surface area (Å²) in [6, 6.07) is 12.1. The molecule has 150 valence electrons. The Hall–Kier alpha value is -2.71. The number of carbonyl (C=O) groups excluding carboxylic acids is 2. The summed E-state index contributed by atoms with van der Waals surface area (Å²) in [6.45, 7) is 4.35. The lowest BCUT2D eigenvalue weighted by molar-refractivity contribution is -0.140. The van der Waals surface area contributed by atoms with E-state index >= 15 is 0 Å². The van der Waals surface area contributed by atoms with Crippen molar-refractivity contribution in [3.05, 3.63) is 58.2 Å². The number of para-hydroxylation sites is 1. The van der Waals surface area contributed by atoms with E-state index in [1.807, 2.05) is 35.0 Å². The summed E-state index contributed by atoms with van der Waals surface area (Å²) in [5.74, 6) is -0.731. The van der Waals surface area contributed by atoms with E-state index in [0.717, 1.165) is 29.3 Å². The molecule has 0 radical (unpaired) electrons. The summed E-state index contributed by atoms with van der Waals surface area (Å²) >= 11 is 2.97. The van der Waals surface area contributed by atoms with E-state index < -0.39 is 12.1 Å². The van der Waals surface area contributed by atoms with Crippen LogP contribution in [0.4, 0.5) is 5.69 Å². The molecular weight excluding hydrogens is 406 g/mol. The fourth-order valence-corrected chi connectivity index (χ4v) is 4.74. The van der Waals surface area contributed by atoms with Gasteiger partial charge in [0.05, 0.1) is 0 Å². The summed E-state index contributed by atoms with van der Waals surface area (Å²) in [5.41, 5.74) is 2.38. The maximum atomic E-state index is 12.7. The van der Waals surface area contributed by atoms with Gasteiger partial charge in [0.2, 0.25) is 0 Å². The maximum absolute atomic E-state index is 12.7. The van der Waals surface area contributed by atoms with Gasteiger partial charge in [0, 0.05) is 48.2 Å². The number of benzene rings is 1. The fourth-order valence-electron chi connectivity index (χ4n) is 3.24. The van der Waals surface area contributed by atoms with Gasteiger partial charge in [-0.1, -0.05) is 18.2 Å². The number of amides is 1. The first-order valence-corrected chi connectivity index (χ1v) is 11.2. The van der Waals surface area contributed by atoms with Crippen LogP contribution in [-0.2, 0) is 9.53 Å². The Bertz CT molecular complexity index is 964. The molecule has 29 heavy (non-hydrogen) atoms. The third kappa shape index (κ3) is 4.49. The van der Waals surface area contributed by atoms with Crippen LogP contribution in [0, 0.1) is 0 Å². The minimum Gasteiger partial charge on any atom is -0.448 e. The fraction of sp³-hybridized carbons (Fsp3) is 0.286. The normalized spacial score (nSPS) is 15.2. The molecule has 2 aromatic heterocycles. The highest BCUT2D eigenvalue weighted by atomic mass is 32.1. The molecule has 0 saturated carbocycles. The summed E-state index contributed by atoms with van der Waals surface area (Å²) in [5, 5.41) is 6.39. The number of aromatic nitrogens is 1. The molecule has 3 aromatic rings. The van der Waals surface area contributed by atoms with E-state index in [9.17, 15) is 9.59 Å². The zero-order valence-electron chi connectivity index (χ0n) is 16.0. The van der Waals surface area contributed by atoms with Crippen LogP contribution in [0.1, 0.15) is 17.4 Å². The van der Waals surface area contributed by atoms with Gasteiger partial charge < -0.3 is 14.5 Å². The molecule has 1 aliphatic rings. The van der Waals surface area contributed by atoms with Crippen LogP contribution >= 0.6 is 22.7 Å². The van der Waals surface area contributed by atoms with E-state index in [2.05, 4.69) is 22.0 Å². The van der Waals surface area contributed by atoms with E-state index in [1.165, 1.54) is 11.3 Å². The molecule has 1 unspecified atom stereocenters. The molecule has 1 amide bonds. The summed E-state index contributed by atoms with van der Waals surface area (Å²) in [7, 11) is 0. The second-order valence-corrected chi connectivity index (χ2v) is 8.38. The van der Waals surface area contributed by atoms with Crippen molar-refractivity contribution in [1.29, 1.82) is 0 Å². The molecule has 0 bridgehead atoms. The molecule has 1 fully saturated rings. The molecule has 6 nitrogen and oxygen atoms in total. The van der Waals surface area contributed by atoms with Crippen LogP contribution in [-0.4, -0.2) is 54.0 Å². The zero-order valence-corrected chi connectivity index (χ0v) is 17.6. The van der Waals surface area contributed by atoms with Crippen molar-refractivity contribution in [3.8, 4) is 10.6 Å². The Morgan fingerprint density at radius 3 is 2.52 bits per heavy atom. The van der Waals surface area contributed by atoms with Gasteiger partial charge >= 0.3 is 5.97 Å². The maximum Gasteiger partial charge on any atom is 0.358 e. The van der Waals surface area contributed by atoms with Crippen LogP contribution in [0.25, 0.3) is 10.6 Å². The number of piperazine rings is 1. The number of nitrogens with zero attached hydrogens (tertiary/aromatic N) is 3. The summed E-state index contributed by atoms with van der Waals surface area (Å²) in [4.78, 5) is 33.5. The number of esters is 1. The molecule has 0 N–H and O–H groups in total. The smallest absolute Gasteiger partial charge is 0.358 e. The van der Waals surface area contributed by atoms with Crippen LogP contribution in [0.5, 0.6) is 0 Å². The van der Waals surface area contributed by atoms with Gasteiger partial charge in [-0.25, -0.2) is 9.78 Å². The van der Waals surface area contributed by atoms with Crippen molar-refractivity contribution >= 4 is 40.2 Å². The van der Waals surface area contributed by atoms with Gasteiger partial charge in [-0.15, -0.1) is 11.3 Å². The van der Waals surface area contributed by atoms with Crippen molar-refractivity contribution in [2.24, 2.45) is 0 Å². The summed E-state index contributed by atoms with van der Waals surface area (Å²) in [6.07, 6.45) is -0.836. The Morgan fingerprint density at radius 2 is 1.83 bits per heavy atom. The minimum atomic E-state index is -0.836. The first-order valence-electron chi connectivity index (χ1n) is 9.39. The van der Waals surface area contributed by atoms with E-state index in [-0.39, 0.29) is 11.6 Å². The van der Waals surface area contributed by atoms with Gasteiger partial charge in [-0.3, -0.25) is 4.79 Å². The van der Waals surface area contributed by atoms with E-state index in [1.54, 1.807) is 28.5 Å². The summed E-state index contributed by atoms with van der Waals surface area (Å²) < 4.78 is 5.40. The molecule has 0 spiro atoms. The molecule has 0 aliphatic carbocycles. The zero-order chi connectivity index (χ0) is 20.2. The molecule has 1 saturated heterocycles. The number of hydrogen-bond donors (Lipinski definition) is 0. The SMILES string of the molecule is CC(OC(=O)c1csc(-c2ccsc2)n1)C(=O)N1CCN(c2ccccc2)CC1. The van der Waals surface area contributed by atoms with E-state index in [0.29, 0.717) is 13.1 Å². The first-order chi connectivity index (χ1) is 14.1. The van der Waals surface area contributed by atoms with E-state index in [4.69, 9.17) is 4.74 Å². The molecule has 8 heteroatoms. The van der Waals surface area contributed by atoms with Crippen LogP contribution < -0.4 is 4.90 Å². The van der Waals surface area contributed by atoms with Crippen molar-refractivity contribution in [3.63, 3.8) is 0 Å². The highest BCUT2D eigenvalue weighted by molar-refractivity contribution is 7.14. The lowest BCUT2D eigenvalue weighted by atomic mass is 10.2. The van der Waals surface area contributed by atoms with Crippen LogP contribution in [0.15, 0.2) is 52.5 Å². The van der Waals surface area contributed by atoms with Gasteiger partial charge in [0.25, 0.3) is 5.91 Å².